The highest BCUT2D eigenvalue weighted by molar-refractivity contribution is 5.93. The number of nitrogens with two attached hydrogens (primary N) is 1. The van der Waals surface area contributed by atoms with E-state index in [4.69, 9.17) is 5.73 Å². The topological polar surface area (TPSA) is 98.7 Å². The van der Waals surface area contributed by atoms with E-state index in [0.717, 1.165) is 0 Å². The van der Waals surface area contributed by atoms with E-state index in [1.165, 1.54) is 6.33 Å². The van der Waals surface area contributed by atoms with Gasteiger partial charge in [0.15, 0.2) is 5.82 Å². The van der Waals surface area contributed by atoms with E-state index >= 15 is 0 Å². The zero-order chi connectivity index (χ0) is 13.9. The van der Waals surface area contributed by atoms with Gasteiger partial charge < -0.3 is 11.1 Å². The van der Waals surface area contributed by atoms with Gasteiger partial charge in [-0.25, -0.2) is 14.6 Å². The summed E-state index contributed by atoms with van der Waals surface area (Å²) in [5.74, 6) is 0.410. The van der Waals surface area contributed by atoms with Crippen LogP contribution in [0.1, 0.15) is 6.42 Å². The molecule has 1 aliphatic rings. The maximum Gasteiger partial charge on any atom is 0.231 e. The number of aromatic nitrogens is 4. The molecule has 0 saturated carbocycles. The van der Waals surface area contributed by atoms with Gasteiger partial charge in [-0.15, -0.1) is 0 Å². The van der Waals surface area contributed by atoms with Gasteiger partial charge in [-0.1, -0.05) is 12.2 Å². The zero-order valence-electron chi connectivity index (χ0n) is 10.7. The lowest BCUT2D eigenvalue weighted by Crippen LogP contribution is -2.24. The molecule has 7 nitrogen and oxygen atoms in total. The monoisotopic (exact) mass is 270 g/mol. The fraction of sp³-hybridized carbons (Fsp3) is 0.231. The Morgan fingerprint density at radius 1 is 1.40 bits per heavy atom. The number of nitrogens with zero attached hydrogens (tertiary/aromatic N) is 4. The number of carbonyl (C=O) groups is 1. The number of hydrogen-bond acceptors (Lipinski definition) is 5. The van der Waals surface area contributed by atoms with Crippen LogP contribution in [0, 0.1) is 5.92 Å². The van der Waals surface area contributed by atoms with Gasteiger partial charge in [-0.3, -0.25) is 4.79 Å². The second-order valence-corrected chi connectivity index (χ2v) is 4.63. The van der Waals surface area contributed by atoms with E-state index < -0.39 is 0 Å². The Hall–Kier alpha value is -2.54. The highest BCUT2D eigenvalue weighted by Gasteiger charge is 2.22. The summed E-state index contributed by atoms with van der Waals surface area (Å²) in [4.78, 5) is 20.1. The van der Waals surface area contributed by atoms with E-state index in [-0.39, 0.29) is 17.9 Å². The average Bonchev–Trinajstić information content (AvgIpc) is 3.10. The van der Waals surface area contributed by atoms with Gasteiger partial charge >= 0.3 is 0 Å². The second-order valence-electron chi connectivity index (χ2n) is 4.63. The average molecular weight is 270 g/mol. The summed E-state index contributed by atoms with van der Waals surface area (Å²) in [6, 6.07) is 3.51. The van der Waals surface area contributed by atoms with Crippen molar-refractivity contribution in [1.29, 1.82) is 0 Å². The van der Waals surface area contributed by atoms with Gasteiger partial charge in [0, 0.05) is 6.04 Å². The molecule has 2 atom stereocenters. The normalized spacial score (nSPS) is 21.1. The first-order valence-electron chi connectivity index (χ1n) is 6.28. The molecule has 2 unspecified atom stereocenters. The molecular weight excluding hydrogens is 256 g/mol. The van der Waals surface area contributed by atoms with Crippen LogP contribution in [0.25, 0.3) is 5.82 Å². The van der Waals surface area contributed by atoms with Crippen molar-refractivity contribution in [3.05, 3.63) is 43.1 Å². The molecule has 0 aromatic carbocycles. The number of nitrogens with one attached hydrogen (secondary N) is 1. The maximum absolute atomic E-state index is 12.0. The SMILES string of the molecule is NC1C=CC(C(=O)Nc2ccc(-n3cncn3)nc2)C1. The number of carbonyl (C=O) groups excluding carboxylic acids is 1. The lowest BCUT2D eigenvalue weighted by atomic mass is 10.1. The quantitative estimate of drug-likeness (QED) is 0.791. The summed E-state index contributed by atoms with van der Waals surface area (Å²) in [6.45, 7) is 0. The van der Waals surface area contributed by atoms with Crippen LogP contribution in [0.4, 0.5) is 5.69 Å². The molecule has 0 bridgehead atoms. The number of hydrogen-bond donors (Lipinski definition) is 2. The number of pyridine rings is 1. The maximum atomic E-state index is 12.0. The predicted octanol–water partition coefficient (Wildman–Crippen LogP) is 0.504. The van der Waals surface area contributed by atoms with Gasteiger partial charge in [0.2, 0.25) is 5.91 Å². The van der Waals surface area contributed by atoms with Crippen molar-refractivity contribution in [3.63, 3.8) is 0 Å². The molecule has 3 N–H and O–H groups in total. The summed E-state index contributed by atoms with van der Waals surface area (Å²) in [5, 5.41) is 6.80. The molecular formula is C13H14N6O. The van der Waals surface area contributed by atoms with Crippen LogP contribution in [-0.4, -0.2) is 31.7 Å². The minimum Gasteiger partial charge on any atom is -0.324 e. The third-order valence-electron chi connectivity index (χ3n) is 3.12. The molecule has 0 radical (unpaired) electrons. The molecule has 7 heteroatoms. The minimum atomic E-state index is -0.167. The highest BCUT2D eigenvalue weighted by Crippen LogP contribution is 2.18. The van der Waals surface area contributed by atoms with Gasteiger partial charge in [0.25, 0.3) is 0 Å². The van der Waals surface area contributed by atoms with Crippen LogP contribution in [0.3, 0.4) is 0 Å². The molecule has 102 valence electrons. The molecule has 0 saturated heterocycles. The third-order valence-corrected chi connectivity index (χ3v) is 3.12. The Kier molecular flexibility index (Phi) is 3.26. The van der Waals surface area contributed by atoms with Crippen LogP contribution in [-0.2, 0) is 4.79 Å². The summed E-state index contributed by atoms with van der Waals surface area (Å²) in [7, 11) is 0. The van der Waals surface area contributed by atoms with Gasteiger partial charge in [-0.2, -0.15) is 5.10 Å². The molecule has 2 aromatic rings. The van der Waals surface area contributed by atoms with Crippen molar-refractivity contribution in [2.24, 2.45) is 11.7 Å². The smallest absolute Gasteiger partial charge is 0.231 e. The number of rotatable bonds is 3. The number of anilines is 1. The second kappa shape index (κ2) is 5.22. The van der Waals surface area contributed by atoms with E-state index in [9.17, 15) is 4.79 Å². The van der Waals surface area contributed by atoms with Crippen molar-refractivity contribution < 1.29 is 4.79 Å². The Morgan fingerprint density at radius 3 is 2.90 bits per heavy atom. The summed E-state index contributed by atoms with van der Waals surface area (Å²) >= 11 is 0. The molecule has 2 aromatic heterocycles. The van der Waals surface area contributed by atoms with Gasteiger partial charge in [0.1, 0.15) is 12.7 Å². The molecule has 1 amide bonds. The minimum absolute atomic E-state index is 0.0291. The molecule has 3 rings (SSSR count). The largest absolute Gasteiger partial charge is 0.324 e. The lowest BCUT2D eigenvalue weighted by molar-refractivity contribution is -0.118. The molecule has 2 heterocycles. The molecule has 0 fully saturated rings. The third kappa shape index (κ3) is 2.57. The van der Waals surface area contributed by atoms with Crippen LogP contribution >= 0.6 is 0 Å². The first-order chi connectivity index (χ1) is 9.72. The Bertz CT molecular complexity index is 619. The van der Waals surface area contributed by atoms with Crippen LogP contribution in [0.2, 0.25) is 0 Å². The van der Waals surface area contributed by atoms with E-state index in [0.29, 0.717) is 17.9 Å². The molecule has 20 heavy (non-hydrogen) atoms. The van der Waals surface area contributed by atoms with Crippen molar-refractivity contribution in [1.82, 2.24) is 19.7 Å². The van der Waals surface area contributed by atoms with Crippen LogP contribution in [0.15, 0.2) is 43.1 Å². The molecule has 0 spiro atoms. The lowest BCUT2D eigenvalue weighted by Gasteiger charge is -2.10. The van der Waals surface area contributed by atoms with Crippen molar-refractivity contribution in [3.8, 4) is 5.82 Å². The Morgan fingerprint density at radius 2 is 2.30 bits per heavy atom. The van der Waals surface area contributed by atoms with Crippen LogP contribution < -0.4 is 11.1 Å². The van der Waals surface area contributed by atoms with Gasteiger partial charge in [-0.05, 0) is 18.6 Å². The fourth-order valence-corrected chi connectivity index (χ4v) is 2.08. The van der Waals surface area contributed by atoms with E-state index in [1.807, 2.05) is 12.2 Å². The summed E-state index contributed by atoms with van der Waals surface area (Å²) in [5.41, 5.74) is 6.38. The Balaban J connectivity index is 1.66. The predicted molar refractivity (Wildman–Crippen MR) is 73.0 cm³/mol. The molecule has 0 aliphatic heterocycles. The molecule has 1 aliphatic carbocycles. The summed E-state index contributed by atoms with van der Waals surface area (Å²) < 4.78 is 1.55. The van der Waals surface area contributed by atoms with Crippen LogP contribution in [0.5, 0.6) is 0 Å². The summed E-state index contributed by atoms with van der Waals surface area (Å²) in [6.07, 6.45) is 8.94. The van der Waals surface area contributed by atoms with E-state index in [1.54, 1.807) is 29.3 Å². The van der Waals surface area contributed by atoms with Crippen molar-refractivity contribution in [2.75, 3.05) is 5.32 Å². The standard InChI is InChI=1S/C13H14N6O/c14-10-2-1-9(5-10)13(20)18-11-3-4-12(16-6-11)19-8-15-7-17-19/h1-4,6-10H,5,14H2,(H,18,20). The first-order valence-corrected chi connectivity index (χ1v) is 6.28. The zero-order valence-corrected chi connectivity index (χ0v) is 10.7. The van der Waals surface area contributed by atoms with E-state index in [2.05, 4.69) is 20.4 Å². The first kappa shape index (κ1) is 12.5. The highest BCUT2D eigenvalue weighted by atomic mass is 16.1. The number of amides is 1. The van der Waals surface area contributed by atoms with Crippen molar-refractivity contribution >= 4 is 11.6 Å². The Labute approximate surface area is 115 Å². The van der Waals surface area contributed by atoms with Gasteiger partial charge in [0.05, 0.1) is 17.8 Å². The van der Waals surface area contributed by atoms with Crippen molar-refractivity contribution in [2.45, 2.75) is 12.5 Å². The fourth-order valence-electron chi connectivity index (χ4n) is 2.08.